The van der Waals surface area contributed by atoms with Gasteiger partial charge in [-0.3, -0.25) is 0 Å². The summed E-state index contributed by atoms with van der Waals surface area (Å²) < 4.78 is 0. The second-order valence-electron chi connectivity index (χ2n) is 2.60. The second-order valence-corrected chi connectivity index (χ2v) is 2.60. The number of aromatic carboxylic acids is 1. The van der Waals surface area contributed by atoms with Gasteiger partial charge in [0.2, 0.25) is 0 Å². The van der Waals surface area contributed by atoms with Gasteiger partial charge in [0, 0.05) is 12.8 Å². The lowest BCUT2D eigenvalue weighted by Crippen LogP contribution is -1.97. The molecule has 1 aromatic rings. The summed E-state index contributed by atoms with van der Waals surface area (Å²) in [5.74, 6) is -0.990. The Morgan fingerprint density at radius 2 is 2.13 bits per heavy atom. The number of hydrogen-bond acceptors (Lipinski definition) is 3. The molecule has 5 heteroatoms. The molecule has 0 unspecified atom stereocenters. The molecule has 0 fully saturated rings. The van der Waals surface area contributed by atoms with Gasteiger partial charge in [-0.25, -0.2) is 9.78 Å². The highest BCUT2D eigenvalue weighted by Crippen LogP contribution is 1.90. The largest absolute Gasteiger partial charge is 0.477 e. The molecule has 0 aliphatic carbocycles. The molecule has 4 N–H and O–H groups in total. The highest BCUT2D eigenvalue weighted by molar-refractivity contribution is 5.85. The quantitative estimate of drug-likeness (QED) is 0.775. The van der Waals surface area contributed by atoms with Crippen molar-refractivity contribution in [2.75, 3.05) is 6.61 Å². The highest BCUT2D eigenvalue weighted by Gasteiger charge is 1.98. The normalized spacial score (nSPS) is 8.13. The lowest BCUT2D eigenvalue weighted by Gasteiger charge is -1.87. The van der Waals surface area contributed by atoms with E-state index in [2.05, 4.69) is 11.9 Å². The summed E-state index contributed by atoms with van der Waals surface area (Å²) >= 11 is 0. The van der Waals surface area contributed by atoms with Gasteiger partial charge in [-0.15, -0.1) is 0 Å². The number of nitrogens with zero attached hydrogens (tertiary/aromatic N) is 1. The topological polar surface area (TPSA) is 102 Å². The van der Waals surface area contributed by atoms with E-state index in [9.17, 15) is 4.79 Å². The van der Waals surface area contributed by atoms with Gasteiger partial charge in [0.1, 0.15) is 5.69 Å². The van der Waals surface area contributed by atoms with Crippen LogP contribution in [0.5, 0.6) is 0 Å². The minimum atomic E-state index is -0.990. The standard InChI is InChI=1S/C6H5NO2.C4H10O.H2O/c8-6(9)5-3-1-2-4-7-5;1-2-3-4-5;/h1-4H,(H,8,9);5H,2-4H2,1H3;1H2. The molecule has 0 bridgehead atoms. The van der Waals surface area contributed by atoms with Gasteiger partial charge in [0.25, 0.3) is 0 Å². The smallest absolute Gasteiger partial charge is 0.354 e. The molecular weight excluding hydrogens is 198 g/mol. The Balaban J connectivity index is 0. The van der Waals surface area contributed by atoms with E-state index in [1.54, 1.807) is 12.1 Å². The van der Waals surface area contributed by atoms with Crippen LogP contribution in [-0.4, -0.2) is 33.2 Å². The fraction of sp³-hybridized carbons (Fsp3) is 0.400. The Morgan fingerprint density at radius 3 is 2.33 bits per heavy atom. The SMILES string of the molecule is CCCCO.O.O=C(O)c1ccccn1. The molecule has 0 amide bonds. The molecule has 15 heavy (non-hydrogen) atoms. The van der Waals surface area contributed by atoms with Gasteiger partial charge in [-0.2, -0.15) is 0 Å². The number of carbonyl (C=O) groups is 1. The van der Waals surface area contributed by atoms with E-state index >= 15 is 0 Å². The number of aliphatic hydroxyl groups is 1. The van der Waals surface area contributed by atoms with E-state index in [1.165, 1.54) is 12.3 Å². The zero-order valence-electron chi connectivity index (χ0n) is 8.68. The van der Waals surface area contributed by atoms with E-state index in [0.717, 1.165) is 12.8 Å². The van der Waals surface area contributed by atoms with Crippen LogP contribution in [0.3, 0.4) is 0 Å². The third kappa shape index (κ3) is 8.86. The van der Waals surface area contributed by atoms with Crippen LogP contribution in [0.15, 0.2) is 24.4 Å². The van der Waals surface area contributed by atoms with Gasteiger partial charge in [0.05, 0.1) is 0 Å². The minimum absolute atomic E-state index is 0. The number of aliphatic hydroxyl groups excluding tert-OH is 1. The Labute approximate surface area is 88.7 Å². The van der Waals surface area contributed by atoms with Crippen molar-refractivity contribution in [2.45, 2.75) is 19.8 Å². The van der Waals surface area contributed by atoms with Crippen LogP contribution in [0.4, 0.5) is 0 Å². The Hall–Kier alpha value is -1.46. The number of aromatic nitrogens is 1. The predicted octanol–water partition coefficient (Wildman–Crippen LogP) is 0.734. The number of carboxylic acid groups (broad SMARTS) is 1. The van der Waals surface area contributed by atoms with Crippen molar-refractivity contribution in [1.82, 2.24) is 4.98 Å². The van der Waals surface area contributed by atoms with Gasteiger partial charge < -0.3 is 15.7 Å². The summed E-state index contributed by atoms with van der Waals surface area (Å²) in [6, 6.07) is 4.76. The van der Waals surface area contributed by atoms with Crippen LogP contribution in [-0.2, 0) is 0 Å². The van der Waals surface area contributed by atoms with E-state index in [-0.39, 0.29) is 11.2 Å². The Morgan fingerprint density at radius 1 is 1.47 bits per heavy atom. The van der Waals surface area contributed by atoms with Crippen molar-refractivity contribution in [3.63, 3.8) is 0 Å². The monoisotopic (exact) mass is 215 g/mol. The van der Waals surface area contributed by atoms with Crippen molar-refractivity contribution in [3.05, 3.63) is 30.1 Å². The summed E-state index contributed by atoms with van der Waals surface area (Å²) in [6.45, 7) is 2.40. The first kappa shape index (κ1) is 16.0. The summed E-state index contributed by atoms with van der Waals surface area (Å²) in [4.78, 5) is 13.7. The third-order valence-corrected chi connectivity index (χ3v) is 1.40. The van der Waals surface area contributed by atoms with Crippen molar-refractivity contribution >= 4 is 5.97 Å². The number of unbranched alkanes of at least 4 members (excludes halogenated alkanes) is 1. The number of hydrogen-bond donors (Lipinski definition) is 2. The molecule has 0 spiro atoms. The predicted molar refractivity (Wildman–Crippen MR) is 56.8 cm³/mol. The van der Waals surface area contributed by atoms with Gasteiger partial charge >= 0.3 is 5.97 Å². The Bertz CT molecular complexity index is 249. The fourth-order valence-electron chi connectivity index (χ4n) is 0.647. The van der Waals surface area contributed by atoms with Gasteiger partial charge in [0.15, 0.2) is 0 Å². The zero-order valence-corrected chi connectivity index (χ0v) is 8.68. The van der Waals surface area contributed by atoms with Crippen LogP contribution in [0.25, 0.3) is 0 Å². The molecule has 0 radical (unpaired) electrons. The molecule has 86 valence electrons. The van der Waals surface area contributed by atoms with Gasteiger partial charge in [-0.1, -0.05) is 19.4 Å². The maximum Gasteiger partial charge on any atom is 0.354 e. The molecule has 0 aromatic carbocycles. The average molecular weight is 215 g/mol. The van der Waals surface area contributed by atoms with E-state index < -0.39 is 5.97 Å². The number of carboxylic acids is 1. The summed E-state index contributed by atoms with van der Waals surface area (Å²) in [6.07, 6.45) is 3.49. The fourth-order valence-corrected chi connectivity index (χ4v) is 0.647. The molecule has 0 atom stereocenters. The maximum atomic E-state index is 10.1. The van der Waals surface area contributed by atoms with E-state index in [4.69, 9.17) is 10.2 Å². The lowest BCUT2D eigenvalue weighted by atomic mass is 10.4. The molecule has 1 heterocycles. The third-order valence-electron chi connectivity index (χ3n) is 1.40. The van der Waals surface area contributed by atoms with Crippen molar-refractivity contribution in [2.24, 2.45) is 0 Å². The van der Waals surface area contributed by atoms with Crippen LogP contribution in [0.1, 0.15) is 30.3 Å². The molecule has 0 saturated heterocycles. The summed E-state index contributed by atoms with van der Waals surface area (Å²) in [5.41, 5.74) is 0.0810. The highest BCUT2D eigenvalue weighted by atomic mass is 16.4. The first-order chi connectivity index (χ1) is 6.72. The first-order valence-electron chi connectivity index (χ1n) is 4.47. The summed E-state index contributed by atoms with van der Waals surface area (Å²) in [7, 11) is 0. The molecule has 0 aliphatic rings. The van der Waals surface area contributed by atoms with Crippen molar-refractivity contribution < 1.29 is 20.5 Å². The molecule has 1 aromatic heterocycles. The maximum absolute atomic E-state index is 10.1. The molecule has 0 saturated carbocycles. The van der Waals surface area contributed by atoms with E-state index in [1.807, 2.05) is 0 Å². The summed E-state index contributed by atoms with van der Waals surface area (Å²) in [5, 5.41) is 16.4. The molecular formula is C10H17NO4. The number of rotatable bonds is 3. The average Bonchev–Trinajstić information content (AvgIpc) is 2.21. The molecule has 0 aliphatic heterocycles. The van der Waals surface area contributed by atoms with E-state index in [0.29, 0.717) is 6.61 Å². The number of pyridine rings is 1. The van der Waals surface area contributed by atoms with Crippen LogP contribution in [0.2, 0.25) is 0 Å². The van der Waals surface area contributed by atoms with Gasteiger partial charge in [-0.05, 0) is 18.6 Å². The minimum Gasteiger partial charge on any atom is -0.477 e. The molecule has 1 rings (SSSR count). The van der Waals surface area contributed by atoms with Crippen LogP contribution in [0, 0.1) is 0 Å². The second kappa shape index (κ2) is 10.6. The van der Waals surface area contributed by atoms with Crippen molar-refractivity contribution in [1.29, 1.82) is 0 Å². The zero-order chi connectivity index (χ0) is 10.8. The van der Waals surface area contributed by atoms with Crippen LogP contribution >= 0.6 is 0 Å². The van der Waals surface area contributed by atoms with Crippen LogP contribution < -0.4 is 0 Å². The Kier molecular flexibility index (Phi) is 11.3. The molecule has 5 nitrogen and oxygen atoms in total. The first-order valence-corrected chi connectivity index (χ1v) is 4.47. The van der Waals surface area contributed by atoms with Crippen molar-refractivity contribution in [3.8, 4) is 0 Å². The lowest BCUT2D eigenvalue weighted by molar-refractivity contribution is 0.0690.